The maximum atomic E-state index is 13.5. The summed E-state index contributed by atoms with van der Waals surface area (Å²) in [6.07, 6.45) is 7.54. The predicted octanol–water partition coefficient (Wildman–Crippen LogP) is 4.86. The molecule has 1 aliphatic carbocycles. The first kappa shape index (κ1) is 26.9. The Hall–Kier alpha value is -3.31. The molecule has 1 atom stereocenters. The summed E-state index contributed by atoms with van der Waals surface area (Å²) in [6.45, 7) is 9.16. The maximum Gasteiger partial charge on any atom is 0.265 e. The molecule has 1 amide bonds. The van der Waals surface area contributed by atoms with Gasteiger partial charge >= 0.3 is 0 Å². The summed E-state index contributed by atoms with van der Waals surface area (Å²) in [4.78, 5) is 25.2. The minimum atomic E-state index is -0.259. The summed E-state index contributed by atoms with van der Waals surface area (Å²) >= 11 is 1.19. The average molecular weight is 564 g/mol. The largest absolute Gasteiger partial charge is 0.477 e. The van der Waals surface area contributed by atoms with Gasteiger partial charge in [-0.15, -0.1) is 5.10 Å². The van der Waals surface area contributed by atoms with E-state index in [9.17, 15) is 4.79 Å². The molecule has 3 aromatic rings. The van der Waals surface area contributed by atoms with Crippen molar-refractivity contribution in [1.82, 2.24) is 24.5 Å². The van der Waals surface area contributed by atoms with Crippen LogP contribution in [0.5, 0.6) is 5.88 Å². The third-order valence-corrected chi connectivity index (χ3v) is 8.74. The highest BCUT2D eigenvalue weighted by atomic mass is 32.2. The first-order chi connectivity index (χ1) is 19.3. The number of fused-ring (bicyclic) bond motifs is 6. The number of hydrogen-bond acceptors (Lipinski definition) is 9. The van der Waals surface area contributed by atoms with E-state index in [2.05, 4.69) is 45.8 Å². The molecule has 1 unspecified atom stereocenters. The lowest BCUT2D eigenvalue weighted by Crippen LogP contribution is -2.40. The normalized spacial score (nSPS) is 21.4. The van der Waals surface area contributed by atoms with E-state index >= 15 is 0 Å². The molecule has 10 nitrogen and oxygen atoms in total. The Bertz CT molecular complexity index is 1370. The number of nitrogens with one attached hydrogen (secondary N) is 2. The molecule has 2 fully saturated rings. The Kier molecular flexibility index (Phi) is 7.35. The van der Waals surface area contributed by atoms with E-state index in [0.717, 1.165) is 18.7 Å². The minimum absolute atomic E-state index is 0.0135. The highest BCUT2D eigenvalue weighted by molar-refractivity contribution is 7.97. The van der Waals surface area contributed by atoms with Crippen molar-refractivity contribution in [3.05, 3.63) is 48.2 Å². The minimum Gasteiger partial charge on any atom is -0.477 e. The summed E-state index contributed by atoms with van der Waals surface area (Å²) in [6, 6.07) is 11.2. The lowest BCUT2D eigenvalue weighted by atomic mass is 10.0. The molecule has 2 aliphatic heterocycles. The quantitative estimate of drug-likeness (QED) is 0.321. The van der Waals surface area contributed by atoms with Gasteiger partial charge in [-0.2, -0.15) is 0 Å². The van der Waals surface area contributed by atoms with Crippen LogP contribution in [0.4, 0.5) is 11.6 Å². The van der Waals surface area contributed by atoms with Crippen LogP contribution in [0.2, 0.25) is 0 Å². The Balaban J connectivity index is 1.26. The van der Waals surface area contributed by atoms with Crippen LogP contribution in [0.15, 0.2) is 47.6 Å². The highest BCUT2D eigenvalue weighted by Gasteiger charge is 2.41. The highest BCUT2D eigenvalue weighted by Crippen LogP contribution is 2.48. The van der Waals surface area contributed by atoms with Crippen molar-refractivity contribution >= 4 is 29.5 Å². The number of hydrogen-bond donors (Lipinski definition) is 2. The number of amides is 1. The SMILES string of the molecule is CC1(CCCOc2ccn(-c3ccc4c(n3)N3CC(CC3(C)C)OCCNc3cccc(n3)SNC4=O)n2)CC1. The van der Waals surface area contributed by atoms with Crippen molar-refractivity contribution in [2.24, 2.45) is 5.41 Å². The fourth-order valence-electron chi connectivity index (χ4n) is 5.40. The van der Waals surface area contributed by atoms with E-state index in [-0.39, 0.29) is 17.6 Å². The van der Waals surface area contributed by atoms with Crippen LogP contribution in [-0.4, -0.2) is 63.6 Å². The molecule has 11 heteroatoms. The number of rotatable bonds is 6. The summed E-state index contributed by atoms with van der Waals surface area (Å²) in [7, 11) is 0. The van der Waals surface area contributed by atoms with Crippen LogP contribution in [0.25, 0.3) is 5.82 Å². The van der Waals surface area contributed by atoms with E-state index in [1.54, 1.807) is 4.68 Å². The Labute approximate surface area is 239 Å². The summed E-state index contributed by atoms with van der Waals surface area (Å²) in [5.74, 6) is 2.32. The maximum absolute atomic E-state index is 13.5. The van der Waals surface area contributed by atoms with E-state index in [1.165, 1.54) is 31.2 Å². The van der Waals surface area contributed by atoms with Crippen molar-refractivity contribution in [2.45, 2.75) is 69.5 Å². The molecule has 3 aliphatic rings. The van der Waals surface area contributed by atoms with Crippen molar-refractivity contribution in [2.75, 3.05) is 36.5 Å². The molecule has 1 saturated heterocycles. The molecular weight excluding hydrogens is 526 g/mol. The fourth-order valence-corrected chi connectivity index (χ4v) is 5.99. The molecule has 6 rings (SSSR count). The van der Waals surface area contributed by atoms with Gasteiger partial charge in [-0.25, -0.2) is 14.6 Å². The first-order valence-corrected chi connectivity index (χ1v) is 14.9. The van der Waals surface area contributed by atoms with Crippen LogP contribution in [0.1, 0.15) is 63.2 Å². The molecule has 0 spiro atoms. The Morgan fingerprint density at radius 1 is 1.15 bits per heavy atom. The number of carbonyl (C=O) groups excluding carboxylic acids is 1. The van der Waals surface area contributed by atoms with Crippen molar-refractivity contribution in [3.8, 4) is 11.7 Å². The third kappa shape index (κ3) is 6.05. The lowest BCUT2D eigenvalue weighted by Gasteiger charge is -2.33. The van der Waals surface area contributed by atoms with Gasteiger partial charge in [0.05, 0.1) is 24.9 Å². The molecule has 5 heterocycles. The molecule has 3 aromatic heterocycles. The zero-order chi connectivity index (χ0) is 27.7. The standard InChI is InChI=1S/C29H37N7O3S/c1-28(2)18-20-19-35(28)26-21(27(37)34-40-25-7-4-6-22(31-25)30-14-17-38-20)8-9-23(32-26)36-15-10-24(33-36)39-16-5-11-29(3)12-13-29/h4,6-10,15,20H,5,11-14,16-19H2,1-3H3,(H,30,31)(H,34,37). The van der Waals surface area contributed by atoms with Gasteiger partial charge in [0.1, 0.15) is 16.7 Å². The number of pyridine rings is 2. The molecule has 2 N–H and O–H groups in total. The van der Waals surface area contributed by atoms with E-state index in [1.807, 2.05) is 42.6 Å². The van der Waals surface area contributed by atoms with Gasteiger partial charge in [0.15, 0.2) is 5.82 Å². The molecule has 4 bridgehead atoms. The average Bonchev–Trinajstić information content (AvgIpc) is 3.35. The van der Waals surface area contributed by atoms with Gasteiger partial charge in [-0.3, -0.25) is 9.52 Å². The molecule has 212 valence electrons. The Morgan fingerprint density at radius 3 is 2.88 bits per heavy atom. The van der Waals surface area contributed by atoms with Gasteiger partial charge in [0.2, 0.25) is 5.88 Å². The number of ether oxygens (including phenoxy) is 2. The van der Waals surface area contributed by atoms with Crippen molar-refractivity contribution in [1.29, 1.82) is 0 Å². The number of carbonyl (C=O) groups is 1. The van der Waals surface area contributed by atoms with E-state index in [0.29, 0.717) is 59.8 Å². The zero-order valence-electron chi connectivity index (χ0n) is 23.4. The smallest absolute Gasteiger partial charge is 0.265 e. The number of aromatic nitrogens is 4. The first-order valence-electron chi connectivity index (χ1n) is 14.1. The van der Waals surface area contributed by atoms with Crippen molar-refractivity contribution < 1.29 is 14.3 Å². The second-order valence-corrected chi connectivity index (χ2v) is 12.7. The second kappa shape index (κ2) is 10.9. The van der Waals surface area contributed by atoms with Crippen LogP contribution < -0.4 is 19.7 Å². The van der Waals surface area contributed by atoms with Crippen LogP contribution >= 0.6 is 11.9 Å². The topological polar surface area (TPSA) is 106 Å². The molecule has 0 radical (unpaired) electrons. The Morgan fingerprint density at radius 2 is 2.02 bits per heavy atom. The molecule has 40 heavy (non-hydrogen) atoms. The fraction of sp³-hybridized carbons (Fsp3) is 0.517. The third-order valence-electron chi connectivity index (χ3n) is 8.02. The van der Waals surface area contributed by atoms with Gasteiger partial charge < -0.3 is 19.7 Å². The number of anilines is 2. The van der Waals surface area contributed by atoms with Crippen LogP contribution in [0.3, 0.4) is 0 Å². The van der Waals surface area contributed by atoms with Gasteiger partial charge in [-0.1, -0.05) is 13.0 Å². The molecule has 1 saturated carbocycles. The monoisotopic (exact) mass is 563 g/mol. The van der Waals surface area contributed by atoms with E-state index < -0.39 is 0 Å². The predicted molar refractivity (Wildman–Crippen MR) is 155 cm³/mol. The molecule has 0 aromatic carbocycles. The van der Waals surface area contributed by atoms with Crippen LogP contribution in [-0.2, 0) is 4.74 Å². The lowest BCUT2D eigenvalue weighted by molar-refractivity contribution is 0.0710. The van der Waals surface area contributed by atoms with Crippen molar-refractivity contribution in [3.63, 3.8) is 0 Å². The van der Waals surface area contributed by atoms with Gasteiger partial charge in [0.25, 0.3) is 5.91 Å². The molecular formula is C29H37N7O3S. The summed E-state index contributed by atoms with van der Waals surface area (Å²) in [5.41, 5.74) is 0.758. The number of nitrogens with zero attached hydrogens (tertiary/aromatic N) is 5. The van der Waals surface area contributed by atoms with E-state index in [4.69, 9.17) is 14.5 Å². The summed E-state index contributed by atoms with van der Waals surface area (Å²) in [5, 5.41) is 8.61. The van der Waals surface area contributed by atoms with Gasteiger partial charge in [-0.05, 0) is 75.6 Å². The van der Waals surface area contributed by atoms with Gasteiger partial charge in [0, 0.05) is 42.8 Å². The summed E-state index contributed by atoms with van der Waals surface area (Å²) < 4.78 is 16.8. The second-order valence-electron chi connectivity index (χ2n) is 11.8. The zero-order valence-corrected chi connectivity index (χ0v) is 24.2. The van der Waals surface area contributed by atoms with Crippen LogP contribution in [0, 0.1) is 5.41 Å².